The molecule has 4 unspecified atom stereocenters. The number of hydrogen-bond donors (Lipinski definition) is 1. The van der Waals surface area contributed by atoms with Gasteiger partial charge in [0.2, 0.25) is 11.8 Å². The number of fused-ring (bicyclic) bond motifs is 3. The van der Waals surface area contributed by atoms with E-state index in [-0.39, 0.29) is 63.4 Å². The molecule has 4 aliphatic rings. The molecule has 0 radical (unpaired) electrons. The molecule has 1 fully saturated rings. The fourth-order valence-corrected chi connectivity index (χ4v) is 7.00. The molecule has 0 spiro atoms. The summed E-state index contributed by atoms with van der Waals surface area (Å²) in [6, 6.07) is 11.1. The maximum atomic E-state index is 13.9. The SMILES string of the molecule is COc1ccc(C2C3=CCC4C(=O)N(c5ccc(C(C)=O)cc5)C(=O)C4C3CC3=C2C(=O)C=C(Br)C3=O)c(O)c1. The summed E-state index contributed by atoms with van der Waals surface area (Å²) < 4.78 is 5.36. The van der Waals surface area contributed by atoms with E-state index in [2.05, 4.69) is 15.9 Å². The van der Waals surface area contributed by atoms with Crippen molar-refractivity contribution in [3.63, 3.8) is 0 Å². The van der Waals surface area contributed by atoms with Crippen molar-refractivity contribution >= 4 is 50.8 Å². The van der Waals surface area contributed by atoms with Crippen LogP contribution < -0.4 is 9.64 Å². The van der Waals surface area contributed by atoms with E-state index in [1.165, 1.54) is 31.1 Å². The molecule has 40 heavy (non-hydrogen) atoms. The van der Waals surface area contributed by atoms with Gasteiger partial charge in [-0.2, -0.15) is 0 Å². The van der Waals surface area contributed by atoms with E-state index in [4.69, 9.17) is 4.74 Å². The number of halogens is 1. The lowest BCUT2D eigenvalue weighted by Gasteiger charge is -2.42. The number of carbonyl (C=O) groups excluding carboxylic acids is 5. The summed E-state index contributed by atoms with van der Waals surface area (Å²) in [5.41, 5.74) is 2.57. The Bertz CT molecular complexity index is 1630. The first-order valence-electron chi connectivity index (χ1n) is 12.9. The number of benzene rings is 2. The molecule has 2 aromatic carbocycles. The van der Waals surface area contributed by atoms with Crippen molar-refractivity contribution in [2.75, 3.05) is 12.0 Å². The van der Waals surface area contributed by atoms with Gasteiger partial charge in [0.05, 0.1) is 29.1 Å². The van der Waals surface area contributed by atoms with E-state index >= 15 is 0 Å². The molecule has 2 amide bonds. The van der Waals surface area contributed by atoms with Crippen LogP contribution in [0.3, 0.4) is 0 Å². The lowest BCUT2D eigenvalue weighted by atomic mass is 9.59. The Kier molecular flexibility index (Phi) is 6.22. The molecule has 0 saturated carbocycles. The molecule has 6 rings (SSSR count). The Morgan fingerprint density at radius 2 is 1.75 bits per heavy atom. The van der Waals surface area contributed by atoms with Gasteiger partial charge in [-0.3, -0.25) is 28.9 Å². The maximum Gasteiger partial charge on any atom is 0.238 e. The number of anilines is 1. The third kappa shape index (κ3) is 3.83. The minimum Gasteiger partial charge on any atom is -0.507 e. The van der Waals surface area contributed by atoms with Crippen molar-refractivity contribution in [2.45, 2.75) is 25.7 Å². The van der Waals surface area contributed by atoms with Gasteiger partial charge in [-0.25, -0.2) is 0 Å². The van der Waals surface area contributed by atoms with Gasteiger partial charge in [-0.1, -0.05) is 17.7 Å². The molecule has 1 saturated heterocycles. The van der Waals surface area contributed by atoms with E-state index in [0.717, 1.165) is 5.57 Å². The van der Waals surface area contributed by atoms with Crippen molar-refractivity contribution in [1.29, 1.82) is 0 Å². The van der Waals surface area contributed by atoms with Gasteiger partial charge in [0.25, 0.3) is 0 Å². The minimum absolute atomic E-state index is 0.102. The molecule has 1 heterocycles. The number of nitrogens with zero attached hydrogens (tertiary/aromatic N) is 1. The summed E-state index contributed by atoms with van der Waals surface area (Å²) in [7, 11) is 1.48. The average molecular weight is 602 g/mol. The molecule has 4 atom stereocenters. The zero-order valence-electron chi connectivity index (χ0n) is 21.6. The lowest BCUT2D eigenvalue weighted by molar-refractivity contribution is -0.123. The second-order valence-electron chi connectivity index (χ2n) is 10.4. The van der Waals surface area contributed by atoms with Crippen molar-refractivity contribution in [3.8, 4) is 11.5 Å². The highest BCUT2D eigenvalue weighted by Gasteiger charge is 2.56. The van der Waals surface area contributed by atoms with Gasteiger partial charge < -0.3 is 9.84 Å². The van der Waals surface area contributed by atoms with E-state index in [1.54, 1.807) is 36.4 Å². The van der Waals surface area contributed by atoms with Crippen LogP contribution in [0.2, 0.25) is 0 Å². The van der Waals surface area contributed by atoms with Crippen molar-refractivity contribution in [3.05, 3.63) is 86.9 Å². The van der Waals surface area contributed by atoms with Crippen molar-refractivity contribution in [2.24, 2.45) is 17.8 Å². The van der Waals surface area contributed by atoms with Gasteiger partial charge in [0.1, 0.15) is 11.5 Å². The summed E-state index contributed by atoms with van der Waals surface area (Å²) in [6.45, 7) is 1.44. The second-order valence-corrected chi connectivity index (χ2v) is 11.3. The number of carbonyl (C=O) groups is 5. The molecule has 3 aliphatic carbocycles. The van der Waals surface area contributed by atoms with E-state index < -0.39 is 23.7 Å². The monoisotopic (exact) mass is 601 g/mol. The summed E-state index contributed by atoms with van der Waals surface area (Å²) in [6.07, 6.45) is 3.54. The highest BCUT2D eigenvalue weighted by atomic mass is 79.9. The van der Waals surface area contributed by atoms with Crippen LogP contribution in [-0.2, 0) is 19.2 Å². The van der Waals surface area contributed by atoms with Crippen LogP contribution in [0.1, 0.15) is 41.6 Å². The number of phenolic OH excluding ortho intramolecular Hbond substituents is 1. The van der Waals surface area contributed by atoms with Crippen LogP contribution >= 0.6 is 15.9 Å². The van der Waals surface area contributed by atoms with Gasteiger partial charge in [-0.15, -0.1) is 0 Å². The molecular formula is C31H24BrNO7. The smallest absolute Gasteiger partial charge is 0.238 e. The quantitative estimate of drug-likeness (QED) is 0.236. The number of hydrogen-bond acceptors (Lipinski definition) is 7. The minimum atomic E-state index is -0.763. The third-order valence-corrected chi connectivity index (χ3v) is 9.00. The first-order valence-corrected chi connectivity index (χ1v) is 13.7. The van der Waals surface area contributed by atoms with Crippen LogP contribution in [0, 0.1) is 17.8 Å². The number of methoxy groups -OCH3 is 1. The second kappa shape index (κ2) is 9.52. The molecule has 1 aliphatic heterocycles. The fourth-order valence-electron chi connectivity index (χ4n) is 6.56. The number of Topliss-reactive ketones (excluding diaryl/α,β-unsaturated/α-hetero) is 2. The Hall–Kier alpha value is -4.11. The standard InChI is InChI=1S/C31H24BrNO7/c1-14(34)15-3-5-16(6-4-15)33-30(38)20-10-9-18-21(27(20)31(33)39)12-22-28(25(36)13-23(32)29(22)37)26(18)19-8-7-17(40-2)11-24(19)35/h3-9,11,13,20-21,26-27,35H,10,12H2,1-2H3. The topological polar surface area (TPSA) is 118 Å². The molecule has 8 nitrogen and oxygen atoms in total. The first-order chi connectivity index (χ1) is 19.1. The molecule has 2 aromatic rings. The molecule has 0 aromatic heterocycles. The molecular weight excluding hydrogens is 578 g/mol. The highest BCUT2D eigenvalue weighted by molar-refractivity contribution is 9.12. The summed E-state index contributed by atoms with van der Waals surface area (Å²) >= 11 is 3.21. The summed E-state index contributed by atoms with van der Waals surface area (Å²) in [5, 5.41) is 11.0. The van der Waals surface area contributed by atoms with Gasteiger partial charge in [-0.05, 0) is 71.9 Å². The van der Waals surface area contributed by atoms with Gasteiger partial charge >= 0.3 is 0 Å². The first kappa shape index (κ1) is 26.1. The Morgan fingerprint density at radius 1 is 1.02 bits per heavy atom. The fraction of sp³-hybridized carbons (Fsp3) is 0.258. The van der Waals surface area contributed by atoms with Crippen LogP contribution in [0.15, 0.2) is 75.8 Å². The third-order valence-electron chi connectivity index (χ3n) is 8.41. The number of amides is 2. The number of allylic oxidation sites excluding steroid dienone is 6. The average Bonchev–Trinajstić information content (AvgIpc) is 3.20. The number of phenols is 1. The Balaban J connectivity index is 1.46. The maximum absolute atomic E-state index is 13.9. The van der Waals surface area contributed by atoms with E-state index in [1.807, 2.05) is 6.08 Å². The lowest BCUT2D eigenvalue weighted by Crippen LogP contribution is -2.39. The van der Waals surface area contributed by atoms with Crippen molar-refractivity contribution < 1.29 is 33.8 Å². The van der Waals surface area contributed by atoms with E-state index in [9.17, 15) is 29.1 Å². The molecule has 202 valence electrons. The number of ketones is 3. The molecule has 0 bridgehead atoms. The van der Waals surface area contributed by atoms with Gasteiger partial charge in [0, 0.05) is 40.3 Å². The van der Waals surface area contributed by atoms with Gasteiger partial charge in [0.15, 0.2) is 17.3 Å². The highest BCUT2D eigenvalue weighted by Crippen LogP contribution is 2.56. The van der Waals surface area contributed by atoms with Crippen LogP contribution in [0.4, 0.5) is 5.69 Å². The Morgan fingerprint density at radius 3 is 2.40 bits per heavy atom. The van der Waals surface area contributed by atoms with Crippen LogP contribution in [0.25, 0.3) is 0 Å². The summed E-state index contributed by atoms with van der Waals surface area (Å²) in [4.78, 5) is 67.1. The zero-order valence-corrected chi connectivity index (χ0v) is 23.2. The number of ether oxygens (including phenoxy) is 1. The number of rotatable bonds is 4. The zero-order chi connectivity index (χ0) is 28.5. The van der Waals surface area contributed by atoms with E-state index in [0.29, 0.717) is 22.6 Å². The molecule has 9 heteroatoms. The number of imide groups is 1. The molecule has 1 N–H and O–H groups in total. The normalized spacial score (nSPS) is 25.7. The van der Waals surface area contributed by atoms with Crippen LogP contribution in [0.5, 0.6) is 11.5 Å². The summed E-state index contributed by atoms with van der Waals surface area (Å²) in [5.74, 6) is -3.88. The Labute approximate surface area is 238 Å². The predicted molar refractivity (Wildman–Crippen MR) is 148 cm³/mol. The number of aromatic hydroxyl groups is 1. The largest absolute Gasteiger partial charge is 0.507 e. The van der Waals surface area contributed by atoms with Crippen LogP contribution in [-0.4, -0.2) is 41.4 Å². The predicted octanol–water partition coefficient (Wildman–Crippen LogP) is 4.57. The van der Waals surface area contributed by atoms with Crippen molar-refractivity contribution in [1.82, 2.24) is 0 Å².